The highest BCUT2D eigenvalue weighted by Gasteiger charge is 2.15. The van der Waals surface area contributed by atoms with Crippen molar-refractivity contribution in [3.8, 4) is 5.75 Å². The molecule has 0 N–H and O–H groups in total. The van der Waals surface area contributed by atoms with Gasteiger partial charge in [0, 0.05) is 23.7 Å². The van der Waals surface area contributed by atoms with Crippen molar-refractivity contribution in [2.45, 2.75) is 39.7 Å². The van der Waals surface area contributed by atoms with E-state index in [4.69, 9.17) is 16.3 Å². The number of halogens is 1. The van der Waals surface area contributed by atoms with E-state index in [0.29, 0.717) is 16.3 Å². The van der Waals surface area contributed by atoms with Crippen molar-refractivity contribution in [1.82, 2.24) is 4.90 Å². The number of nitrogens with zero attached hydrogens (tertiary/aromatic N) is 1. The van der Waals surface area contributed by atoms with Crippen molar-refractivity contribution in [2.75, 3.05) is 13.1 Å². The van der Waals surface area contributed by atoms with Gasteiger partial charge in [-0.1, -0.05) is 43.6 Å². The summed E-state index contributed by atoms with van der Waals surface area (Å²) in [6, 6.07) is 15.0. The summed E-state index contributed by atoms with van der Waals surface area (Å²) < 4.78 is 6.02. The van der Waals surface area contributed by atoms with Crippen LogP contribution in [0.2, 0.25) is 5.02 Å². The van der Waals surface area contributed by atoms with Gasteiger partial charge in [-0.2, -0.15) is 0 Å². The van der Waals surface area contributed by atoms with E-state index in [1.54, 1.807) is 0 Å². The Kier molecular flexibility index (Phi) is 7.32. The minimum Gasteiger partial charge on any atom is -0.486 e. The molecular formula is C21H26ClNO2. The number of carbonyl (C=O) groups excluding carboxylic acids is 1. The van der Waals surface area contributed by atoms with Gasteiger partial charge in [0.05, 0.1) is 0 Å². The normalized spacial score (nSPS) is 11.8. The molecule has 3 nitrogen and oxygen atoms in total. The first-order valence-electron chi connectivity index (χ1n) is 8.86. The highest BCUT2D eigenvalue weighted by atomic mass is 35.5. The number of carbonyl (C=O) groups is 1. The molecule has 1 atom stereocenters. The van der Waals surface area contributed by atoms with E-state index < -0.39 is 0 Å². The van der Waals surface area contributed by atoms with E-state index >= 15 is 0 Å². The summed E-state index contributed by atoms with van der Waals surface area (Å²) in [5, 5.41) is 0.704. The van der Waals surface area contributed by atoms with E-state index in [2.05, 4.69) is 13.8 Å². The predicted molar refractivity (Wildman–Crippen MR) is 103 cm³/mol. The summed E-state index contributed by atoms with van der Waals surface area (Å²) in [6.45, 7) is 7.71. The van der Waals surface area contributed by atoms with Crippen LogP contribution >= 0.6 is 11.6 Å². The van der Waals surface area contributed by atoms with Crippen LogP contribution in [0, 0.1) is 0 Å². The molecule has 1 unspecified atom stereocenters. The Morgan fingerprint density at radius 3 is 2.32 bits per heavy atom. The molecule has 0 bridgehead atoms. The summed E-state index contributed by atoms with van der Waals surface area (Å²) in [5.74, 6) is 0.759. The zero-order chi connectivity index (χ0) is 18.2. The van der Waals surface area contributed by atoms with E-state index in [9.17, 15) is 4.79 Å². The van der Waals surface area contributed by atoms with Crippen LogP contribution in [0.4, 0.5) is 0 Å². The fourth-order valence-electron chi connectivity index (χ4n) is 2.75. The Bertz CT molecular complexity index is 679. The Labute approximate surface area is 155 Å². The highest BCUT2D eigenvalue weighted by molar-refractivity contribution is 6.30. The molecule has 134 valence electrons. The maximum Gasteiger partial charge on any atom is 0.253 e. The van der Waals surface area contributed by atoms with Crippen molar-refractivity contribution in [3.63, 3.8) is 0 Å². The van der Waals surface area contributed by atoms with E-state index in [1.807, 2.05) is 60.4 Å². The molecular weight excluding hydrogens is 334 g/mol. The molecule has 2 aromatic carbocycles. The number of hydrogen-bond donors (Lipinski definition) is 0. The van der Waals surface area contributed by atoms with Crippen molar-refractivity contribution in [3.05, 3.63) is 64.7 Å². The van der Waals surface area contributed by atoms with Crippen LogP contribution in [-0.2, 0) is 0 Å². The van der Waals surface area contributed by atoms with Gasteiger partial charge in [-0.05, 0) is 55.7 Å². The second-order valence-electron chi connectivity index (χ2n) is 6.13. The third-order valence-electron chi connectivity index (χ3n) is 4.01. The van der Waals surface area contributed by atoms with Crippen LogP contribution < -0.4 is 4.74 Å². The monoisotopic (exact) mass is 359 g/mol. The molecule has 0 saturated heterocycles. The maximum absolute atomic E-state index is 12.7. The topological polar surface area (TPSA) is 29.5 Å². The van der Waals surface area contributed by atoms with Gasteiger partial charge in [-0.3, -0.25) is 4.79 Å². The lowest BCUT2D eigenvalue weighted by molar-refractivity contribution is 0.0755. The summed E-state index contributed by atoms with van der Waals surface area (Å²) in [5.41, 5.74) is 1.71. The Morgan fingerprint density at radius 2 is 1.72 bits per heavy atom. The van der Waals surface area contributed by atoms with Crippen LogP contribution in [0.1, 0.15) is 55.6 Å². The van der Waals surface area contributed by atoms with Gasteiger partial charge in [-0.25, -0.2) is 0 Å². The van der Waals surface area contributed by atoms with Gasteiger partial charge in [-0.15, -0.1) is 0 Å². The lowest BCUT2D eigenvalue weighted by Crippen LogP contribution is -2.32. The van der Waals surface area contributed by atoms with Crippen LogP contribution in [0.5, 0.6) is 5.75 Å². The molecule has 0 aliphatic rings. The average Bonchev–Trinajstić information content (AvgIpc) is 2.61. The standard InChI is InChI=1S/C21H26ClNO2/c1-4-13-23(14-5-2)21(24)18-7-6-8-20(15-18)25-16(3)17-9-11-19(22)12-10-17/h6-12,15-16H,4-5,13-14H2,1-3H3. The number of hydrogen-bond acceptors (Lipinski definition) is 2. The SMILES string of the molecule is CCCN(CCC)C(=O)c1cccc(OC(C)c2ccc(Cl)cc2)c1. The van der Waals surface area contributed by atoms with Crippen molar-refractivity contribution in [1.29, 1.82) is 0 Å². The average molecular weight is 360 g/mol. The molecule has 2 aromatic rings. The van der Waals surface area contributed by atoms with Gasteiger partial charge in [0.1, 0.15) is 11.9 Å². The summed E-state index contributed by atoms with van der Waals surface area (Å²) in [6.07, 6.45) is 1.79. The van der Waals surface area contributed by atoms with Gasteiger partial charge in [0.25, 0.3) is 5.91 Å². The smallest absolute Gasteiger partial charge is 0.253 e. The molecule has 0 radical (unpaired) electrons. The maximum atomic E-state index is 12.7. The summed E-state index contributed by atoms with van der Waals surface area (Å²) in [4.78, 5) is 14.6. The zero-order valence-electron chi connectivity index (χ0n) is 15.2. The van der Waals surface area contributed by atoms with E-state index in [-0.39, 0.29) is 12.0 Å². The molecule has 0 aromatic heterocycles. The quantitative estimate of drug-likeness (QED) is 0.601. The van der Waals surface area contributed by atoms with E-state index in [0.717, 1.165) is 31.5 Å². The van der Waals surface area contributed by atoms with Crippen LogP contribution in [-0.4, -0.2) is 23.9 Å². The molecule has 0 fully saturated rings. The van der Waals surface area contributed by atoms with Gasteiger partial charge in [0.15, 0.2) is 0 Å². The van der Waals surface area contributed by atoms with Crippen LogP contribution in [0.15, 0.2) is 48.5 Å². The molecule has 0 heterocycles. The first-order valence-corrected chi connectivity index (χ1v) is 9.24. The third kappa shape index (κ3) is 5.50. The van der Waals surface area contributed by atoms with Gasteiger partial charge < -0.3 is 9.64 Å². The molecule has 0 saturated carbocycles. The molecule has 0 aliphatic heterocycles. The summed E-state index contributed by atoms with van der Waals surface area (Å²) in [7, 11) is 0. The highest BCUT2D eigenvalue weighted by Crippen LogP contribution is 2.24. The molecule has 0 spiro atoms. The fourth-order valence-corrected chi connectivity index (χ4v) is 2.87. The minimum atomic E-state index is -0.120. The lowest BCUT2D eigenvalue weighted by Gasteiger charge is -2.22. The number of benzene rings is 2. The number of ether oxygens (including phenoxy) is 1. The largest absolute Gasteiger partial charge is 0.486 e. The Balaban J connectivity index is 2.12. The Morgan fingerprint density at radius 1 is 1.08 bits per heavy atom. The van der Waals surface area contributed by atoms with Crippen molar-refractivity contribution >= 4 is 17.5 Å². The first-order chi connectivity index (χ1) is 12.0. The minimum absolute atomic E-state index is 0.0632. The molecule has 4 heteroatoms. The number of rotatable bonds is 8. The first kappa shape index (κ1) is 19.3. The molecule has 2 rings (SSSR count). The second-order valence-corrected chi connectivity index (χ2v) is 6.57. The van der Waals surface area contributed by atoms with Crippen molar-refractivity contribution in [2.24, 2.45) is 0 Å². The molecule has 25 heavy (non-hydrogen) atoms. The zero-order valence-corrected chi connectivity index (χ0v) is 15.9. The summed E-state index contributed by atoms with van der Waals surface area (Å²) >= 11 is 5.93. The van der Waals surface area contributed by atoms with Crippen LogP contribution in [0.25, 0.3) is 0 Å². The molecule has 1 amide bonds. The number of amides is 1. The molecule has 0 aliphatic carbocycles. The lowest BCUT2D eigenvalue weighted by atomic mass is 10.1. The second kappa shape index (κ2) is 9.47. The Hall–Kier alpha value is -2.00. The van der Waals surface area contributed by atoms with E-state index in [1.165, 1.54) is 0 Å². The van der Waals surface area contributed by atoms with Crippen LogP contribution in [0.3, 0.4) is 0 Å². The third-order valence-corrected chi connectivity index (χ3v) is 4.26. The van der Waals surface area contributed by atoms with Crippen molar-refractivity contribution < 1.29 is 9.53 Å². The van der Waals surface area contributed by atoms with Gasteiger partial charge >= 0.3 is 0 Å². The fraction of sp³-hybridized carbons (Fsp3) is 0.381. The van der Waals surface area contributed by atoms with Gasteiger partial charge in [0.2, 0.25) is 0 Å². The predicted octanol–water partition coefficient (Wildman–Crippen LogP) is 5.74.